The zero-order chi connectivity index (χ0) is 15.0. The Morgan fingerprint density at radius 3 is 2.25 bits per heavy atom. The third-order valence-electron chi connectivity index (χ3n) is 3.64. The van der Waals surface area contributed by atoms with Gasteiger partial charge in [0, 0.05) is 13.1 Å². The minimum absolute atomic E-state index is 0.101. The second kappa shape index (κ2) is 7.72. The van der Waals surface area contributed by atoms with Gasteiger partial charge in [0.2, 0.25) is 5.91 Å². The van der Waals surface area contributed by atoms with Crippen molar-refractivity contribution in [1.82, 2.24) is 16.0 Å². The highest BCUT2D eigenvalue weighted by Crippen LogP contribution is 2.35. The van der Waals surface area contributed by atoms with Gasteiger partial charge in [-0.25, -0.2) is 4.79 Å². The summed E-state index contributed by atoms with van der Waals surface area (Å²) in [5.74, 6) is -1.13. The second-order valence-corrected chi connectivity index (χ2v) is 5.14. The van der Waals surface area contributed by atoms with E-state index < -0.39 is 17.4 Å². The molecule has 0 unspecified atom stereocenters. The van der Waals surface area contributed by atoms with Crippen molar-refractivity contribution >= 4 is 17.9 Å². The molecule has 1 aliphatic carbocycles. The van der Waals surface area contributed by atoms with E-state index in [-0.39, 0.29) is 19.0 Å². The molecule has 1 fully saturated rings. The van der Waals surface area contributed by atoms with E-state index in [2.05, 4.69) is 16.0 Å². The second-order valence-electron chi connectivity index (χ2n) is 5.14. The highest BCUT2D eigenvalue weighted by molar-refractivity contribution is 5.84. The quantitative estimate of drug-likeness (QED) is 0.568. The third kappa shape index (κ3) is 4.71. The Kier molecular flexibility index (Phi) is 6.27. The number of rotatable bonds is 6. The summed E-state index contributed by atoms with van der Waals surface area (Å²) in [5, 5.41) is 16.9. The average molecular weight is 285 g/mol. The lowest BCUT2D eigenvalue weighted by molar-refractivity contribution is -0.150. The van der Waals surface area contributed by atoms with Gasteiger partial charge < -0.3 is 21.1 Å². The summed E-state index contributed by atoms with van der Waals surface area (Å²) < 4.78 is 0. The van der Waals surface area contributed by atoms with E-state index in [1.165, 1.54) is 0 Å². The van der Waals surface area contributed by atoms with Gasteiger partial charge in [-0.2, -0.15) is 0 Å². The van der Waals surface area contributed by atoms with Gasteiger partial charge in [0.25, 0.3) is 0 Å². The first-order valence-corrected chi connectivity index (χ1v) is 7.02. The zero-order valence-electron chi connectivity index (χ0n) is 11.8. The van der Waals surface area contributed by atoms with Crippen LogP contribution in [0.1, 0.15) is 39.0 Å². The molecule has 0 aromatic rings. The van der Waals surface area contributed by atoms with Crippen molar-refractivity contribution in [2.45, 2.75) is 39.0 Å². The lowest BCUT2D eigenvalue weighted by Crippen LogP contribution is -2.48. The topological polar surface area (TPSA) is 108 Å². The molecule has 0 aliphatic heterocycles. The van der Waals surface area contributed by atoms with E-state index in [0.717, 1.165) is 19.3 Å². The zero-order valence-corrected chi connectivity index (χ0v) is 11.8. The van der Waals surface area contributed by atoms with Gasteiger partial charge >= 0.3 is 12.0 Å². The van der Waals surface area contributed by atoms with E-state index in [9.17, 15) is 19.5 Å². The van der Waals surface area contributed by atoms with Crippen LogP contribution in [0.4, 0.5) is 4.79 Å². The fraction of sp³-hybridized carbons (Fsp3) is 0.769. The number of amides is 3. The number of likely N-dealkylation sites (N-methyl/N-ethyl adjacent to an activating group) is 1. The molecule has 0 spiro atoms. The summed E-state index contributed by atoms with van der Waals surface area (Å²) in [6.45, 7) is 2.28. The number of nitrogens with one attached hydrogen (secondary N) is 3. The van der Waals surface area contributed by atoms with Crippen molar-refractivity contribution in [1.29, 1.82) is 0 Å². The molecule has 20 heavy (non-hydrogen) atoms. The number of urea groups is 1. The van der Waals surface area contributed by atoms with Gasteiger partial charge in [0.05, 0.1) is 12.0 Å². The molecule has 7 heteroatoms. The summed E-state index contributed by atoms with van der Waals surface area (Å²) in [6, 6.07) is -0.512. The van der Waals surface area contributed by atoms with E-state index in [1.54, 1.807) is 6.92 Å². The van der Waals surface area contributed by atoms with Crippen molar-refractivity contribution in [3.05, 3.63) is 0 Å². The monoisotopic (exact) mass is 285 g/mol. The number of hydrogen-bond donors (Lipinski definition) is 4. The van der Waals surface area contributed by atoms with E-state index in [0.29, 0.717) is 19.4 Å². The molecule has 4 N–H and O–H groups in total. The smallest absolute Gasteiger partial charge is 0.315 e. The molecule has 114 valence electrons. The molecule has 7 nitrogen and oxygen atoms in total. The van der Waals surface area contributed by atoms with Crippen molar-refractivity contribution in [3.63, 3.8) is 0 Å². The predicted molar refractivity (Wildman–Crippen MR) is 73.2 cm³/mol. The Hall–Kier alpha value is -1.79. The van der Waals surface area contributed by atoms with E-state index in [4.69, 9.17) is 0 Å². The van der Waals surface area contributed by atoms with Crippen LogP contribution in [0.25, 0.3) is 0 Å². The Labute approximate surface area is 118 Å². The summed E-state index contributed by atoms with van der Waals surface area (Å²) in [7, 11) is 0. The lowest BCUT2D eigenvalue weighted by Gasteiger charge is -2.33. The first-order valence-electron chi connectivity index (χ1n) is 7.02. The highest BCUT2D eigenvalue weighted by Gasteiger charge is 2.39. The first kappa shape index (κ1) is 16.3. The molecule has 0 bridgehead atoms. The standard InChI is InChI=1S/C13H23N3O4/c1-2-14-10(17)8-15-12(20)16-9-13(11(18)19)6-4-3-5-7-13/h2-9H2,1H3,(H,14,17)(H,18,19)(H2,15,16,20). The predicted octanol–water partition coefficient (Wildman–Crippen LogP) is 0.457. The number of carboxylic acid groups (broad SMARTS) is 1. The van der Waals surface area contributed by atoms with Gasteiger partial charge in [-0.1, -0.05) is 19.3 Å². The number of carbonyl (C=O) groups is 3. The summed E-state index contributed by atoms with van der Waals surface area (Å²) in [6.07, 6.45) is 3.94. The van der Waals surface area contributed by atoms with Gasteiger partial charge in [-0.15, -0.1) is 0 Å². The van der Waals surface area contributed by atoms with Crippen LogP contribution in [-0.4, -0.2) is 42.6 Å². The van der Waals surface area contributed by atoms with Gasteiger partial charge in [-0.3, -0.25) is 9.59 Å². The van der Waals surface area contributed by atoms with E-state index in [1.807, 2.05) is 0 Å². The third-order valence-corrected chi connectivity index (χ3v) is 3.64. The minimum Gasteiger partial charge on any atom is -0.481 e. The van der Waals surface area contributed by atoms with Crippen LogP contribution in [0.3, 0.4) is 0 Å². The largest absolute Gasteiger partial charge is 0.481 e. The molecule has 1 rings (SSSR count). The summed E-state index contributed by atoms with van der Waals surface area (Å²) >= 11 is 0. The summed E-state index contributed by atoms with van der Waals surface area (Å²) in [4.78, 5) is 34.1. The first-order chi connectivity index (χ1) is 9.50. The van der Waals surface area contributed by atoms with Crippen molar-refractivity contribution in [3.8, 4) is 0 Å². The molecule has 1 saturated carbocycles. The Balaban J connectivity index is 2.38. The molecule has 3 amide bonds. The number of carboxylic acids is 1. The fourth-order valence-electron chi connectivity index (χ4n) is 2.43. The van der Waals surface area contributed by atoms with Crippen LogP contribution >= 0.6 is 0 Å². The number of aliphatic carboxylic acids is 1. The molecule has 1 aliphatic rings. The van der Waals surface area contributed by atoms with Crippen LogP contribution in [0.2, 0.25) is 0 Å². The molecule has 0 atom stereocenters. The number of carbonyl (C=O) groups excluding carboxylic acids is 2. The molecule has 0 aromatic heterocycles. The van der Waals surface area contributed by atoms with E-state index >= 15 is 0 Å². The van der Waals surface area contributed by atoms with Gasteiger partial charge in [0.15, 0.2) is 0 Å². The van der Waals surface area contributed by atoms with Crippen molar-refractivity contribution in [2.24, 2.45) is 5.41 Å². The Morgan fingerprint density at radius 2 is 1.70 bits per heavy atom. The maximum Gasteiger partial charge on any atom is 0.315 e. The van der Waals surface area contributed by atoms with Crippen molar-refractivity contribution in [2.75, 3.05) is 19.6 Å². The molecule has 0 radical (unpaired) electrons. The van der Waals surface area contributed by atoms with Gasteiger partial charge in [-0.05, 0) is 19.8 Å². The summed E-state index contributed by atoms with van der Waals surface area (Å²) in [5.41, 5.74) is -0.860. The minimum atomic E-state index is -0.860. The van der Waals surface area contributed by atoms with Crippen molar-refractivity contribution < 1.29 is 19.5 Å². The lowest BCUT2D eigenvalue weighted by atomic mass is 9.74. The molecular formula is C13H23N3O4. The number of hydrogen-bond acceptors (Lipinski definition) is 3. The van der Waals surface area contributed by atoms with Crippen LogP contribution in [0.5, 0.6) is 0 Å². The molecular weight excluding hydrogens is 262 g/mol. The molecule has 0 heterocycles. The normalized spacial score (nSPS) is 17.1. The Morgan fingerprint density at radius 1 is 1.05 bits per heavy atom. The fourth-order valence-corrected chi connectivity index (χ4v) is 2.43. The maximum absolute atomic E-state index is 11.6. The van der Waals surface area contributed by atoms with Gasteiger partial charge in [0.1, 0.15) is 0 Å². The maximum atomic E-state index is 11.6. The van der Waals surface area contributed by atoms with Crippen LogP contribution < -0.4 is 16.0 Å². The SMILES string of the molecule is CCNC(=O)CNC(=O)NCC1(C(=O)O)CCCCC1. The van der Waals surface area contributed by atoms with Crippen LogP contribution in [-0.2, 0) is 9.59 Å². The van der Waals surface area contributed by atoms with Crippen LogP contribution in [0.15, 0.2) is 0 Å². The highest BCUT2D eigenvalue weighted by atomic mass is 16.4. The molecule has 0 aromatic carbocycles. The Bertz CT molecular complexity index is 365. The van der Waals surface area contributed by atoms with Crippen LogP contribution in [0, 0.1) is 5.41 Å². The average Bonchev–Trinajstić information content (AvgIpc) is 2.44. The molecule has 0 saturated heterocycles.